The second-order valence-corrected chi connectivity index (χ2v) is 5.96. The SMILES string of the molecule is Nc1oncc1-c1ccc(C2CCSC2)c(Cl)c1. The Hall–Kier alpha value is -1.13. The van der Waals surface area contributed by atoms with Crippen molar-refractivity contribution < 1.29 is 4.52 Å². The molecule has 1 aromatic carbocycles. The van der Waals surface area contributed by atoms with Crippen molar-refractivity contribution in [1.82, 2.24) is 5.16 Å². The van der Waals surface area contributed by atoms with E-state index in [0.717, 1.165) is 21.9 Å². The van der Waals surface area contributed by atoms with Crippen molar-refractivity contribution in [3.63, 3.8) is 0 Å². The molecular formula is C13H13ClN2OS. The first-order chi connectivity index (χ1) is 8.75. The summed E-state index contributed by atoms with van der Waals surface area (Å²) in [7, 11) is 0. The Bertz CT molecular complexity index is 564. The van der Waals surface area contributed by atoms with E-state index in [9.17, 15) is 0 Å². The zero-order valence-corrected chi connectivity index (χ0v) is 11.3. The minimum Gasteiger partial charge on any atom is -0.367 e. The molecule has 94 valence electrons. The van der Waals surface area contributed by atoms with Crippen molar-refractivity contribution in [2.24, 2.45) is 0 Å². The summed E-state index contributed by atoms with van der Waals surface area (Å²) in [5.41, 5.74) is 8.69. The molecule has 0 saturated carbocycles. The molecule has 0 radical (unpaired) electrons. The van der Waals surface area contributed by atoms with Gasteiger partial charge in [-0.05, 0) is 35.3 Å². The van der Waals surface area contributed by atoms with Gasteiger partial charge >= 0.3 is 0 Å². The van der Waals surface area contributed by atoms with Gasteiger partial charge in [-0.2, -0.15) is 11.8 Å². The van der Waals surface area contributed by atoms with E-state index in [-0.39, 0.29) is 0 Å². The Morgan fingerprint density at radius 3 is 2.94 bits per heavy atom. The van der Waals surface area contributed by atoms with Gasteiger partial charge in [-0.3, -0.25) is 0 Å². The first-order valence-corrected chi connectivity index (χ1v) is 7.36. The van der Waals surface area contributed by atoms with Gasteiger partial charge < -0.3 is 10.3 Å². The van der Waals surface area contributed by atoms with E-state index in [1.54, 1.807) is 6.20 Å². The highest BCUT2D eigenvalue weighted by molar-refractivity contribution is 7.99. The molecule has 1 atom stereocenters. The lowest BCUT2D eigenvalue weighted by Crippen LogP contribution is -1.97. The Morgan fingerprint density at radius 2 is 2.33 bits per heavy atom. The standard InChI is InChI=1S/C13H13ClN2OS/c14-12-5-8(11-6-16-17-13(11)15)1-2-10(12)9-3-4-18-7-9/h1-2,5-6,9H,3-4,7,15H2. The molecule has 2 N–H and O–H groups in total. The third kappa shape index (κ3) is 2.10. The number of halogens is 1. The van der Waals surface area contributed by atoms with Crippen molar-refractivity contribution in [3.8, 4) is 11.1 Å². The van der Waals surface area contributed by atoms with Gasteiger partial charge in [0.1, 0.15) is 0 Å². The molecule has 1 aliphatic heterocycles. The Balaban J connectivity index is 1.96. The van der Waals surface area contributed by atoms with Gasteiger partial charge in [-0.25, -0.2) is 0 Å². The molecule has 1 aliphatic rings. The summed E-state index contributed by atoms with van der Waals surface area (Å²) in [6, 6.07) is 6.08. The van der Waals surface area contributed by atoms with Gasteiger partial charge in [-0.1, -0.05) is 28.9 Å². The van der Waals surface area contributed by atoms with Crippen LogP contribution in [0.5, 0.6) is 0 Å². The number of anilines is 1. The van der Waals surface area contributed by atoms with Crippen LogP contribution in [0.25, 0.3) is 11.1 Å². The van der Waals surface area contributed by atoms with Gasteiger partial charge in [0.25, 0.3) is 0 Å². The molecule has 1 fully saturated rings. The maximum atomic E-state index is 6.38. The lowest BCUT2D eigenvalue weighted by atomic mass is 9.96. The molecule has 0 bridgehead atoms. The molecule has 0 spiro atoms. The molecule has 5 heteroatoms. The number of nitrogens with zero attached hydrogens (tertiary/aromatic N) is 1. The summed E-state index contributed by atoms with van der Waals surface area (Å²) >= 11 is 8.36. The highest BCUT2D eigenvalue weighted by atomic mass is 35.5. The van der Waals surface area contributed by atoms with Crippen LogP contribution in [0, 0.1) is 0 Å². The molecule has 1 aromatic heterocycles. The normalized spacial score (nSPS) is 19.3. The number of hydrogen-bond donors (Lipinski definition) is 1. The lowest BCUT2D eigenvalue weighted by molar-refractivity contribution is 0.436. The average molecular weight is 281 g/mol. The maximum Gasteiger partial charge on any atom is 0.229 e. The van der Waals surface area contributed by atoms with E-state index in [2.05, 4.69) is 11.2 Å². The van der Waals surface area contributed by atoms with Crippen molar-refractivity contribution >= 4 is 29.2 Å². The summed E-state index contributed by atoms with van der Waals surface area (Å²) in [5, 5.41) is 4.49. The minimum atomic E-state index is 0.329. The van der Waals surface area contributed by atoms with Gasteiger partial charge in [0, 0.05) is 10.8 Å². The van der Waals surface area contributed by atoms with Crippen LogP contribution in [-0.4, -0.2) is 16.7 Å². The topological polar surface area (TPSA) is 52.0 Å². The van der Waals surface area contributed by atoms with Crippen LogP contribution >= 0.6 is 23.4 Å². The third-order valence-electron chi connectivity index (χ3n) is 3.28. The quantitative estimate of drug-likeness (QED) is 0.909. The number of rotatable bonds is 2. The third-order valence-corrected chi connectivity index (χ3v) is 4.77. The van der Waals surface area contributed by atoms with Crippen LogP contribution in [0.4, 0.5) is 5.88 Å². The van der Waals surface area contributed by atoms with Gasteiger partial charge in [0.15, 0.2) is 0 Å². The summed E-state index contributed by atoms with van der Waals surface area (Å²) in [4.78, 5) is 0. The fourth-order valence-corrected chi connectivity index (χ4v) is 3.85. The second-order valence-electron chi connectivity index (χ2n) is 4.40. The molecule has 18 heavy (non-hydrogen) atoms. The predicted octanol–water partition coefficient (Wildman–Crippen LogP) is 3.80. The first-order valence-electron chi connectivity index (χ1n) is 5.83. The van der Waals surface area contributed by atoms with Crippen LogP contribution in [0.2, 0.25) is 5.02 Å². The predicted molar refractivity (Wildman–Crippen MR) is 76.0 cm³/mol. The number of thioether (sulfide) groups is 1. The highest BCUT2D eigenvalue weighted by Crippen LogP contribution is 2.38. The summed E-state index contributed by atoms with van der Waals surface area (Å²) in [6.07, 6.45) is 2.82. The molecule has 1 saturated heterocycles. The van der Waals surface area contributed by atoms with E-state index in [0.29, 0.717) is 11.8 Å². The zero-order chi connectivity index (χ0) is 12.5. The van der Waals surface area contributed by atoms with E-state index in [1.165, 1.54) is 17.7 Å². The van der Waals surface area contributed by atoms with E-state index < -0.39 is 0 Å². The van der Waals surface area contributed by atoms with Crippen LogP contribution in [0.1, 0.15) is 17.9 Å². The van der Waals surface area contributed by atoms with Crippen LogP contribution < -0.4 is 5.73 Å². The number of hydrogen-bond acceptors (Lipinski definition) is 4. The van der Waals surface area contributed by atoms with Crippen molar-refractivity contribution in [1.29, 1.82) is 0 Å². The summed E-state index contributed by atoms with van der Waals surface area (Å²) in [6.45, 7) is 0. The smallest absolute Gasteiger partial charge is 0.229 e. The number of aromatic nitrogens is 1. The van der Waals surface area contributed by atoms with Crippen molar-refractivity contribution in [3.05, 3.63) is 35.0 Å². The van der Waals surface area contributed by atoms with E-state index in [4.69, 9.17) is 21.9 Å². The maximum absolute atomic E-state index is 6.38. The van der Waals surface area contributed by atoms with Crippen molar-refractivity contribution in [2.75, 3.05) is 17.2 Å². The summed E-state index contributed by atoms with van der Waals surface area (Å²) in [5.74, 6) is 3.29. The molecule has 1 unspecified atom stereocenters. The fraction of sp³-hybridized carbons (Fsp3) is 0.308. The number of benzene rings is 1. The monoisotopic (exact) mass is 280 g/mol. The zero-order valence-electron chi connectivity index (χ0n) is 9.73. The molecule has 2 heterocycles. The first kappa shape index (κ1) is 11.9. The molecule has 2 aromatic rings. The van der Waals surface area contributed by atoms with Gasteiger partial charge in [-0.15, -0.1) is 0 Å². The Labute approximate surface area is 115 Å². The molecule has 0 aliphatic carbocycles. The Kier molecular flexibility index (Phi) is 3.22. The molecule has 0 amide bonds. The number of nitrogen functional groups attached to an aromatic ring is 1. The van der Waals surface area contributed by atoms with Gasteiger partial charge in [0.2, 0.25) is 5.88 Å². The Morgan fingerprint density at radius 1 is 1.44 bits per heavy atom. The van der Waals surface area contributed by atoms with Crippen LogP contribution in [0.3, 0.4) is 0 Å². The molecular weight excluding hydrogens is 268 g/mol. The van der Waals surface area contributed by atoms with Gasteiger partial charge in [0.05, 0.1) is 11.8 Å². The second kappa shape index (κ2) is 4.86. The highest BCUT2D eigenvalue weighted by Gasteiger charge is 2.20. The summed E-state index contributed by atoms with van der Waals surface area (Å²) < 4.78 is 4.87. The van der Waals surface area contributed by atoms with E-state index >= 15 is 0 Å². The lowest BCUT2D eigenvalue weighted by Gasteiger charge is -2.12. The van der Waals surface area contributed by atoms with E-state index in [1.807, 2.05) is 23.9 Å². The molecule has 3 nitrogen and oxygen atoms in total. The van der Waals surface area contributed by atoms with Crippen LogP contribution in [0.15, 0.2) is 28.9 Å². The van der Waals surface area contributed by atoms with Crippen LogP contribution in [-0.2, 0) is 0 Å². The fourth-order valence-electron chi connectivity index (χ4n) is 2.27. The number of nitrogens with two attached hydrogens (primary N) is 1. The largest absolute Gasteiger partial charge is 0.367 e. The average Bonchev–Trinajstić information content (AvgIpc) is 2.99. The van der Waals surface area contributed by atoms with Crippen molar-refractivity contribution in [2.45, 2.75) is 12.3 Å². The minimum absolute atomic E-state index is 0.329. The molecule has 3 rings (SSSR count).